The fraction of sp³-hybridized carbons (Fsp3) is 0.750. The molecule has 0 saturated heterocycles. The maximum atomic E-state index is 2.57. The van der Waals surface area contributed by atoms with Gasteiger partial charge in [0.25, 0.3) is 0 Å². The van der Waals surface area contributed by atoms with Crippen LogP contribution in [0.3, 0.4) is 0 Å². The first-order valence-corrected chi connectivity index (χ1v) is 7.35. The summed E-state index contributed by atoms with van der Waals surface area (Å²) in [5.74, 6) is 0.965. The largest absolute Gasteiger partial charge is 0.356 e. The molecule has 0 aromatic heterocycles. The van der Waals surface area contributed by atoms with E-state index in [1.807, 2.05) is 0 Å². The Kier molecular flexibility index (Phi) is 4.16. The number of allylic oxidation sites excluding steroid dienone is 3. The van der Waals surface area contributed by atoms with Gasteiger partial charge in [-0.3, -0.25) is 4.90 Å². The molecule has 1 heterocycles. The first kappa shape index (κ1) is 13.7. The molecule has 1 fully saturated rings. The normalized spacial score (nSPS) is 24.9. The molecule has 0 amide bonds. The molecular weight excluding hydrogens is 220 g/mol. The van der Waals surface area contributed by atoms with Crippen LogP contribution < -0.4 is 0 Å². The monoisotopic (exact) mass is 248 g/mol. The first-order chi connectivity index (χ1) is 8.54. The van der Waals surface area contributed by atoms with Gasteiger partial charge in [-0.1, -0.05) is 6.92 Å². The Morgan fingerprint density at radius 2 is 1.94 bits per heavy atom. The third-order valence-electron chi connectivity index (χ3n) is 4.15. The third-order valence-corrected chi connectivity index (χ3v) is 4.15. The summed E-state index contributed by atoms with van der Waals surface area (Å²) < 4.78 is 0. The first-order valence-electron chi connectivity index (χ1n) is 7.35. The van der Waals surface area contributed by atoms with Gasteiger partial charge in [-0.15, -0.1) is 0 Å². The molecule has 1 atom stereocenters. The van der Waals surface area contributed by atoms with E-state index in [0.29, 0.717) is 6.17 Å². The highest BCUT2D eigenvalue weighted by atomic mass is 15.3. The number of nitrogens with zero attached hydrogens (tertiary/aromatic N) is 2. The van der Waals surface area contributed by atoms with Crippen LogP contribution in [0.25, 0.3) is 0 Å². The minimum Gasteiger partial charge on any atom is -0.356 e. The summed E-state index contributed by atoms with van der Waals surface area (Å²) in [7, 11) is 4.43. The summed E-state index contributed by atoms with van der Waals surface area (Å²) in [5, 5.41) is 0. The van der Waals surface area contributed by atoms with E-state index in [0.717, 1.165) is 12.5 Å². The van der Waals surface area contributed by atoms with Gasteiger partial charge in [0.05, 0.1) is 0 Å². The molecule has 2 rings (SSSR count). The number of rotatable bonds is 5. The Morgan fingerprint density at radius 3 is 2.44 bits per heavy atom. The van der Waals surface area contributed by atoms with Crippen molar-refractivity contribution in [3.63, 3.8) is 0 Å². The lowest BCUT2D eigenvalue weighted by molar-refractivity contribution is 0.133. The Morgan fingerprint density at radius 1 is 1.28 bits per heavy atom. The van der Waals surface area contributed by atoms with E-state index in [4.69, 9.17) is 0 Å². The minimum atomic E-state index is 0.482. The van der Waals surface area contributed by atoms with Crippen molar-refractivity contribution in [1.29, 1.82) is 0 Å². The van der Waals surface area contributed by atoms with Gasteiger partial charge in [0.15, 0.2) is 0 Å². The smallest absolute Gasteiger partial charge is 0.104 e. The lowest BCUT2D eigenvalue weighted by Crippen LogP contribution is -2.47. The van der Waals surface area contributed by atoms with Gasteiger partial charge in [-0.05, 0) is 76.8 Å². The average Bonchev–Trinajstić information content (AvgIpc) is 3.08. The Labute approximate surface area is 112 Å². The standard InChI is InChI=1S/C16H28N2/c1-6-9-18-13(3)10-12(2)15(11-14-7-8-14)16(18)17(4)5/h10,14,16H,6-9,11H2,1-5H3. The van der Waals surface area contributed by atoms with Gasteiger partial charge in [-0.2, -0.15) is 0 Å². The number of hydrogen-bond donors (Lipinski definition) is 0. The fourth-order valence-electron chi connectivity index (χ4n) is 3.10. The van der Waals surface area contributed by atoms with Crippen LogP contribution in [-0.2, 0) is 0 Å². The molecule has 2 aliphatic rings. The van der Waals surface area contributed by atoms with Crippen LogP contribution >= 0.6 is 0 Å². The predicted octanol–water partition coefficient (Wildman–Crippen LogP) is 3.62. The molecular formula is C16H28N2. The van der Waals surface area contributed by atoms with Crippen molar-refractivity contribution >= 4 is 0 Å². The third kappa shape index (κ3) is 2.80. The summed E-state index contributed by atoms with van der Waals surface area (Å²) in [4.78, 5) is 4.96. The van der Waals surface area contributed by atoms with Crippen LogP contribution in [0.1, 0.15) is 46.5 Å². The van der Waals surface area contributed by atoms with Crippen molar-refractivity contribution in [3.05, 3.63) is 22.9 Å². The second kappa shape index (κ2) is 5.48. The van der Waals surface area contributed by atoms with Crippen LogP contribution in [0, 0.1) is 5.92 Å². The molecule has 0 spiro atoms. The zero-order valence-electron chi connectivity index (χ0n) is 12.7. The van der Waals surface area contributed by atoms with Gasteiger partial charge < -0.3 is 4.90 Å². The van der Waals surface area contributed by atoms with E-state index < -0.39 is 0 Å². The molecule has 1 aliphatic carbocycles. The molecule has 2 heteroatoms. The maximum Gasteiger partial charge on any atom is 0.104 e. The highest BCUT2D eigenvalue weighted by molar-refractivity contribution is 5.35. The van der Waals surface area contributed by atoms with Crippen LogP contribution in [0.2, 0.25) is 0 Å². The van der Waals surface area contributed by atoms with Crippen molar-refractivity contribution in [2.24, 2.45) is 5.92 Å². The number of hydrogen-bond acceptors (Lipinski definition) is 2. The van der Waals surface area contributed by atoms with E-state index >= 15 is 0 Å². The summed E-state index contributed by atoms with van der Waals surface area (Å²) >= 11 is 0. The molecule has 0 aromatic rings. The Balaban J connectivity index is 2.27. The molecule has 1 saturated carbocycles. The van der Waals surface area contributed by atoms with Crippen molar-refractivity contribution in [2.75, 3.05) is 20.6 Å². The summed E-state index contributed by atoms with van der Waals surface area (Å²) in [6.07, 6.45) is 8.26. The van der Waals surface area contributed by atoms with E-state index in [2.05, 4.69) is 50.7 Å². The van der Waals surface area contributed by atoms with Crippen molar-refractivity contribution in [2.45, 2.75) is 52.6 Å². The highest BCUT2D eigenvalue weighted by Gasteiger charge is 2.32. The SMILES string of the molecule is CCCN1C(C)=CC(C)=C(CC2CC2)C1N(C)C. The zero-order chi connectivity index (χ0) is 13.3. The molecule has 1 unspecified atom stereocenters. The van der Waals surface area contributed by atoms with Gasteiger partial charge in [0, 0.05) is 12.2 Å². The fourth-order valence-corrected chi connectivity index (χ4v) is 3.10. The molecule has 0 radical (unpaired) electrons. The zero-order valence-corrected chi connectivity index (χ0v) is 12.7. The quantitative estimate of drug-likeness (QED) is 0.733. The molecule has 0 N–H and O–H groups in total. The second-order valence-electron chi connectivity index (χ2n) is 6.17. The molecule has 1 aliphatic heterocycles. The predicted molar refractivity (Wildman–Crippen MR) is 78.3 cm³/mol. The molecule has 2 nitrogen and oxygen atoms in total. The van der Waals surface area contributed by atoms with E-state index in [9.17, 15) is 0 Å². The van der Waals surface area contributed by atoms with Crippen molar-refractivity contribution in [1.82, 2.24) is 9.80 Å². The summed E-state index contributed by atoms with van der Waals surface area (Å²) in [6.45, 7) is 7.98. The van der Waals surface area contributed by atoms with E-state index in [1.165, 1.54) is 37.0 Å². The Bertz CT molecular complexity index is 361. The van der Waals surface area contributed by atoms with Gasteiger partial charge in [0.2, 0.25) is 0 Å². The summed E-state index contributed by atoms with van der Waals surface area (Å²) in [6, 6.07) is 0. The van der Waals surface area contributed by atoms with Gasteiger partial charge in [-0.25, -0.2) is 0 Å². The van der Waals surface area contributed by atoms with E-state index in [-0.39, 0.29) is 0 Å². The highest BCUT2D eigenvalue weighted by Crippen LogP contribution is 2.40. The molecule has 18 heavy (non-hydrogen) atoms. The molecule has 0 bridgehead atoms. The van der Waals surface area contributed by atoms with Crippen LogP contribution in [0.4, 0.5) is 0 Å². The molecule has 0 aromatic carbocycles. The van der Waals surface area contributed by atoms with Crippen LogP contribution in [0.15, 0.2) is 22.9 Å². The topological polar surface area (TPSA) is 6.48 Å². The Hall–Kier alpha value is -0.760. The van der Waals surface area contributed by atoms with E-state index in [1.54, 1.807) is 5.57 Å². The van der Waals surface area contributed by atoms with Crippen LogP contribution in [-0.4, -0.2) is 36.6 Å². The van der Waals surface area contributed by atoms with Crippen molar-refractivity contribution < 1.29 is 0 Å². The van der Waals surface area contributed by atoms with Gasteiger partial charge >= 0.3 is 0 Å². The lowest BCUT2D eigenvalue weighted by atomic mass is 9.94. The number of likely N-dealkylation sites (N-methyl/N-ethyl adjacent to an activating group) is 1. The lowest BCUT2D eigenvalue weighted by Gasteiger charge is -2.43. The minimum absolute atomic E-state index is 0.482. The average molecular weight is 248 g/mol. The molecule has 102 valence electrons. The van der Waals surface area contributed by atoms with Crippen LogP contribution in [0.5, 0.6) is 0 Å². The van der Waals surface area contributed by atoms with Gasteiger partial charge in [0.1, 0.15) is 6.17 Å². The second-order valence-corrected chi connectivity index (χ2v) is 6.17. The van der Waals surface area contributed by atoms with Crippen molar-refractivity contribution in [3.8, 4) is 0 Å². The maximum absolute atomic E-state index is 2.57. The summed E-state index contributed by atoms with van der Waals surface area (Å²) in [5.41, 5.74) is 4.58.